The van der Waals surface area contributed by atoms with E-state index in [4.69, 9.17) is 6.42 Å². The molecular formula is C31H44O4Si2. The van der Waals surface area contributed by atoms with Gasteiger partial charge < -0.3 is 9.47 Å². The summed E-state index contributed by atoms with van der Waals surface area (Å²) in [6.07, 6.45) is 9.39. The van der Waals surface area contributed by atoms with Crippen LogP contribution in [0.15, 0.2) is 0 Å². The molecule has 0 aliphatic heterocycles. The Morgan fingerprint density at radius 1 is 0.622 bits per heavy atom. The first-order chi connectivity index (χ1) is 17.3. The fraction of sp³-hybridized carbons (Fsp3) is 0.548. The SMILES string of the molecule is C#CCCC(=O)OC.CCC#CCC#C[Si](C)(C)C.COC(=O)CCC#CCC#CCC#C[Si](C)(C)C. The Morgan fingerprint density at radius 3 is 1.38 bits per heavy atom. The van der Waals surface area contributed by atoms with Gasteiger partial charge >= 0.3 is 11.9 Å². The molecule has 0 aromatic rings. The van der Waals surface area contributed by atoms with Gasteiger partial charge in [0.25, 0.3) is 0 Å². The highest BCUT2D eigenvalue weighted by Crippen LogP contribution is 1.97. The van der Waals surface area contributed by atoms with E-state index in [0.29, 0.717) is 38.5 Å². The highest BCUT2D eigenvalue weighted by molar-refractivity contribution is 6.84. The molecule has 200 valence electrons. The Bertz CT molecular complexity index is 1010. The normalized spacial score (nSPS) is 8.65. The minimum Gasteiger partial charge on any atom is -0.469 e. The van der Waals surface area contributed by atoms with Gasteiger partial charge in [0.05, 0.1) is 46.3 Å². The molecule has 0 aliphatic rings. The molecule has 0 saturated carbocycles. The van der Waals surface area contributed by atoms with Crippen LogP contribution in [0.5, 0.6) is 0 Å². The van der Waals surface area contributed by atoms with E-state index >= 15 is 0 Å². The molecule has 0 amide bonds. The van der Waals surface area contributed by atoms with Gasteiger partial charge in [0.2, 0.25) is 0 Å². The van der Waals surface area contributed by atoms with Gasteiger partial charge in [0.15, 0.2) is 0 Å². The molecule has 0 aromatic carbocycles. The van der Waals surface area contributed by atoms with Crippen molar-refractivity contribution in [2.24, 2.45) is 0 Å². The lowest BCUT2D eigenvalue weighted by molar-refractivity contribution is -0.141. The Kier molecular flexibility index (Phi) is 26.7. The predicted molar refractivity (Wildman–Crippen MR) is 161 cm³/mol. The first-order valence-corrected chi connectivity index (χ1v) is 19.3. The van der Waals surface area contributed by atoms with Gasteiger partial charge in [-0.15, -0.1) is 35.3 Å². The minimum absolute atomic E-state index is 0.225. The molecule has 4 nitrogen and oxygen atoms in total. The van der Waals surface area contributed by atoms with Crippen LogP contribution in [0.1, 0.15) is 58.3 Å². The number of carbonyl (C=O) groups excluding carboxylic acids is 2. The summed E-state index contributed by atoms with van der Waals surface area (Å²) in [5.41, 5.74) is 6.52. The standard InChI is InChI=1S/C15H20O2Si.C10H16Si.C6H8O2/c1-17-15(16)13-11-9-7-5-6-8-10-12-14-18(2,3)4;1-5-6-7-8-9-10-11(2,3)4;1-3-4-5-6(7)8-2/h5,10-11,13H2,1-4H3;5,8H2,1-4H3;1H,4-5H2,2H3. The molecule has 0 radical (unpaired) electrons. The quantitative estimate of drug-likeness (QED) is 0.257. The summed E-state index contributed by atoms with van der Waals surface area (Å²) in [7, 11) is 0.319. The maximum absolute atomic E-state index is 10.8. The Balaban J connectivity index is -0.000000517. The number of hydrogen-bond acceptors (Lipinski definition) is 4. The lowest BCUT2D eigenvalue weighted by atomic mass is 10.3. The van der Waals surface area contributed by atoms with Crippen molar-refractivity contribution >= 4 is 28.1 Å². The number of carbonyl (C=O) groups is 2. The van der Waals surface area contributed by atoms with Crippen LogP contribution in [-0.2, 0) is 19.1 Å². The van der Waals surface area contributed by atoms with Gasteiger partial charge in [-0.05, 0) is 0 Å². The second-order valence-corrected chi connectivity index (χ2v) is 18.9. The number of esters is 2. The third kappa shape index (κ3) is 43.3. The number of ether oxygens (including phenoxy) is 2. The van der Waals surface area contributed by atoms with Crippen molar-refractivity contribution in [1.82, 2.24) is 0 Å². The van der Waals surface area contributed by atoms with Crippen molar-refractivity contribution in [3.8, 4) is 70.8 Å². The molecule has 0 aliphatic carbocycles. The Morgan fingerprint density at radius 2 is 1.00 bits per heavy atom. The number of hydrogen-bond donors (Lipinski definition) is 0. The average Bonchev–Trinajstić information content (AvgIpc) is 2.82. The minimum atomic E-state index is -1.26. The predicted octanol–water partition coefficient (Wildman–Crippen LogP) is 5.85. The van der Waals surface area contributed by atoms with Gasteiger partial charge in [0.1, 0.15) is 16.1 Å². The van der Waals surface area contributed by atoms with Crippen LogP contribution < -0.4 is 0 Å². The van der Waals surface area contributed by atoms with Crippen molar-refractivity contribution in [2.75, 3.05) is 14.2 Å². The first-order valence-electron chi connectivity index (χ1n) is 12.3. The topological polar surface area (TPSA) is 52.6 Å². The molecule has 37 heavy (non-hydrogen) atoms. The monoisotopic (exact) mass is 536 g/mol. The van der Waals surface area contributed by atoms with Crippen LogP contribution in [0.25, 0.3) is 0 Å². The number of methoxy groups -OCH3 is 2. The third-order valence-electron chi connectivity index (χ3n) is 3.39. The van der Waals surface area contributed by atoms with Crippen molar-refractivity contribution in [3.05, 3.63) is 0 Å². The molecule has 0 fully saturated rings. The largest absolute Gasteiger partial charge is 0.469 e. The van der Waals surface area contributed by atoms with Gasteiger partial charge in [0, 0.05) is 19.3 Å². The molecule has 0 heterocycles. The van der Waals surface area contributed by atoms with E-state index in [1.807, 2.05) is 0 Å². The van der Waals surface area contributed by atoms with E-state index in [-0.39, 0.29) is 11.9 Å². The van der Waals surface area contributed by atoms with Crippen LogP contribution in [0.2, 0.25) is 39.3 Å². The van der Waals surface area contributed by atoms with E-state index in [9.17, 15) is 9.59 Å². The summed E-state index contributed by atoms with van der Waals surface area (Å²) < 4.78 is 8.82. The second-order valence-electron chi connectivity index (χ2n) is 9.40. The van der Waals surface area contributed by atoms with Crippen LogP contribution in [0.3, 0.4) is 0 Å². The van der Waals surface area contributed by atoms with Crippen LogP contribution >= 0.6 is 0 Å². The zero-order valence-corrected chi connectivity index (χ0v) is 26.4. The van der Waals surface area contributed by atoms with E-state index in [1.165, 1.54) is 14.2 Å². The van der Waals surface area contributed by atoms with Crippen LogP contribution in [-0.4, -0.2) is 42.3 Å². The van der Waals surface area contributed by atoms with Crippen molar-refractivity contribution in [2.45, 2.75) is 97.6 Å². The molecule has 0 atom stereocenters. The number of terminal acetylenes is 1. The van der Waals surface area contributed by atoms with Crippen LogP contribution in [0.4, 0.5) is 0 Å². The smallest absolute Gasteiger partial charge is 0.306 e. The molecule has 6 heteroatoms. The molecule has 0 bridgehead atoms. The summed E-state index contributed by atoms with van der Waals surface area (Å²) in [5, 5.41) is 0. The molecule has 0 saturated heterocycles. The Labute approximate surface area is 229 Å². The van der Waals surface area contributed by atoms with Crippen LogP contribution in [0, 0.1) is 70.8 Å². The molecular weight excluding hydrogens is 493 g/mol. The fourth-order valence-corrected chi connectivity index (χ4v) is 3.00. The summed E-state index contributed by atoms with van der Waals surface area (Å²) in [6, 6.07) is 0. The highest BCUT2D eigenvalue weighted by atomic mass is 28.3. The average molecular weight is 537 g/mol. The zero-order valence-electron chi connectivity index (χ0n) is 24.4. The van der Waals surface area contributed by atoms with Gasteiger partial charge in [-0.2, -0.15) is 0 Å². The van der Waals surface area contributed by atoms with Crippen molar-refractivity contribution in [1.29, 1.82) is 0 Å². The lowest BCUT2D eigenvalue weighted by Gasteiger charge is -2.02. The van der Waals surface area contributed by atoms with E-state index in [0.717, 1.165) is 12.8 Å². The van der Waals surface area contributed by atoms with Gasteiger partial charge in [-0.1, -0.05) is 81.7 Å². The first kappa shape index (κ1) is 38.3. The molecule has 0 N–H and O–H groups in total. The molecule has 0 unspecified atom stereocenters. The fourth-order valence-electron chi connectivity index (χ4n) is 1.76. The van der Waals surface area contributed by atoms with E-state index in [1.54, 1.807) is 0 Å². The molecule has 0 spiro atoms. The molecule has 0 rings (SSSR count). The maximum atomic E-state index is 10.8. The summed E-state index contributed by atoms with van der Waals surface area (Å²) >= 11 is 0. The van der Waals surface area contributed by atoms with Gasteiger partial charge in [-0.25, -0.2) is 0 Å². The van der Waals surface area contributed by atoms with Crippen molar-refractivity contribution in [3.63, 3.8) is 0 Å². The summed E-state index contributed by atoms with van der Waals surface area (Å²) in [5.74, 6) is 25.7. The summed E-state index contributed by atoms with van der Waals surface area (Å²) in [6.45, 7) is 15.4. The Hall–Kier alpha value is -3.27. The third-order valence-corrected chi connectivity index (χ3v) is 5.25. The van der Waals surface area contributed by atoms with E-state index < -0.39 is 16.1 Å². The van der Waals surface area contributed by atoms with Crippen molar-refractivity contribution < 1.29 is 19.1 Å². The zero-order chi connectivity index (χ0) is 29.0. The van der Waals surface area contributed by atoms with Gasteiger partial charge in [-0.3, -0.25) is 9.59 Å². The highest BCUT2D eigenvalue weighted by Gasteiger charge is 2.07. The van der Waals surface area contributed by atoms with E-state index in [2.05, 4.69) is 120 Å². The molecule has 0 aromatic heterocycles. The lowest BCUT2D eigenvalue weighted by Crippen LogP contribution is -2.16. The maximum Gasteiger partial charge on any atom is 0.306 e. The summed E-state index contributed by atoms with van der Waals surface area (Å²) in [4.78, 5) is 21.0. The second kappa shape index (κ2) is 25.8. The number of rotatable bonds is 4.